The van der Waals surface area contributed by atoms with Crippen molar-refractivity contribution in [3.63, 3.8) is 0 Å². The lowest BCUT2D eigenvalue weighted by molar-refractivity contribution is -0.384. The van der Waals surface area contributed by atoms with Crippen LogP contribution >= 0.6 is 11.3 Å². The van der Waals surface area contributed by atoms with E-state index >= 15 is 0 Å². The number of anilines is 1. The number of fused-ring (bicyclic) bond motifs is 1. The monoisotopic (exact) mass is 772 g/mol. The number of carboxylic acid groups (broad SMARTS) is 1. The number of likely N-dealkylation sites (tertiary alicyclic amines) is 1. The number of carbonyl (C=O) groups is 3. The van der Waals surface area contributed by atoms with Crippen LogP contribution in [-0.4, -0.2) is 80.1 Å². The zero-order valence-electron chi connectivity index (χ0n) is 32.3. The number of ether oxygens (including phenoxy) is 2. The van der Waals surface area contributed by atoms with Gasteiger partial charge in [0.2, 0.25) is 11.8 Å². The molecule has 4 aromatic rings. The number of benzene rings is 2. The zero-order chi connectivity index (χ0) is 40.0. The fourth-order valence-corrected chi connectivity index (χ4v) is 8.29. The van der Waals surface area contributed by atoms with Crippen molar-refractivity contribution in [1.29, 1.82) is 0 Å². The second-order valence-electron chi connectivity index (χ2n) is 15.8. The number of nitro groups is 1. The number of thiazole rings is 1. The zero-order valence-corrected chi connectivity index (χ0v) is 33.2. The lowest BCUT2D eigenvalue weighted by Crippen LogP contribution is -2.56. The highest BCUT2D eigenvalue weighted by molar-refractivity contribution is 7.13. The minimum atomic E-state index is -1.42. The molecular formula is C40H48N6O8S. The molecule has 1 saturated heterocycles. The summed E-state index contributed by atoms with van der Waals surface area (Å²) in [6.45, 7) is 13.4. The SMILES string of the molecule is CC[C@@H]1C[C@]1(NC(=O)[C@@H]1C[C@@H](Oc2cc(-c3nc(C(C)C)cs3)nc3c(C)c(OC)ccc23)CN1C(=O)[C@@H](Nc1ccccc1[N+](=O)[O-])C(C)(C)C)C(=O)O. The highest BCUT2D eigenvalue weighted by Gasteiger charge is 2.61. The number of hydrogen-bond donors (Lipinski definition) is 3. The Balaban J connectivity index is 1.39. The van der Waals surface area contributed by atoms with Gasteiger partial charge in [0, 0.05) is 34.9 Å². The van der Waals surface area contributed by atoms with Gasteiger partial charge in [0.25, 0.3) is 5.69 Å². The van der Waals surface area contributed by atoms with Crippen molar-refractivity contribution in [2.45, 2.75) is 97.4 Å². The highest BCUT2D eigenvalue weighted by atomic mass is 32.1. The van der Waals surface area contributed by atoms with E-state index in [2.05, 4.69) is 24.5 Å². The number of pyridine rings is 1. The molecule has 0 bridgehead atoms. The van der Waals surface area contributed by atoms with Crippen LogP contribution < -0.4 is 20.1 Å². The maximum atomic E-state index is 14.8. The standard InChI is InChI=1S/C40H48N6O8S/c1-9-23-18-40(23,38(49)50)44-35(47)30-16-24(19-45(30)37(48)34(39(5,6)7)42-26-12-10-11-13-29(26)46(51)52)54-32-17-27(36-43-28(20-55-36)21(2)3)41-33-22(4)31(53-8)15-14-25(32)33/h10-15,17,20-21,23-24,30,34,42H,9,16,18-19H2,1-8H3,(H,44,47)(H,49,50)/t23-,24-,30+,34-,40-/m1/s1. The molecule has 0 spiro atoms. The number of aromatic nitrogens is 2. The van der Waals surface area contributed by atoms with E-state index in [1.807, 2.05) is 58.2 Å². The summed E-state index contributed by atoms with van der Waals surface area (Å²) in [7, 11) is 1.59. The first kappa shape index (κ1) is 39.4. The second-order valence-corrected chi connectivity index (χ2v) is 16.7. The quantitative estimate of drug-likeness (QED) is 0.0943. The molecule has 15 heteroatoms. The third-order valence-corrected chi connectivity index (χ3v) is 11.6. The number of carbonyl (C=O) groups excluding carboxylic acids is 2. The summed E-state index contributed by atoms with van der Waals surface area (Å²) in [6, 6.07) is 9.49. The lowest BCUT2D eigenvalue weighted by Gasteiger charge is -2.36. The van der Waals surface area contributed by atoms with E-state index in [1.165, 1.54) is 28.4 Å². The predicted molar refractivity (Wildman–Crippen MR) is 210 cm³/mol. The molecule has 6 rings (SSSR count). The number of para-hydroxylation sites is 2. The topological polar surface area (TPSA) is 186 Å². The van der Waals surface area contributed by atoms with Crippen LogP contribution in [0.25, 0.3) is 21.6 Å². The largest absolute Gasteiger partial charge is 0.496 e. The summed E-state index contributed by atoms with van der Waals surface area (Å²) >= 11 is 1.48. The first-order valence-electron chi connectivity index (χ1n) is 18.5. The van der Waals surface area contributed by atoms with Crippen LogP contribution in [-0.2, 0) is 14.4 Å². The summed E-state index contributed by atoms with van der Waals surface area (Å²) in [6.07, 6.45) is 0.224. The Morgan fingerprint density at radius 3 is 2.47 bits per heavy atom. The third-order valence-electron chi connectivity index (χ3n) is 10.7. The van der Waals surface area contributed by atoms with Gasteiger partial charge in [0.15, 0.2) is 0 Å². The van der Waals surface area contributed by atoms with E-state index in [0.29, 0.717) is 45.9 Å². The van der Waals surface area contributed by atoms with Gasteiger partial charge in [-0.25, -0.2) is 14.8 Å². The van der Waals surface area contributed by atoms with Crippen LogP contribution in [0.5, 0.6) is 11.5 Å². The van der Waals surface area contributed by atoms with Crippen LogP contribution in [0, 0.1) is 28.4 Å². The van der Waals surface area contributed by atoms with E-state index < -0.39 is 51.8 Å². The van der Waals surface area contributed by atoms with Gasteiger partial charge in [0.1, 0.15) is 51.6 Å². The summed E-state index contributed by atoms with van der Waals surface area (Å²) < 4.78 is 12.4. The van der Waals surface area contributed by atoms with Crippen molar-refractivity contribution >= 4 is 51.4 Å². The molecule has 2 amide bonds. The van der Waals surface area contributed by atoms with Gasteiger partial charge in [0.05, 0.1) is 29.8 Å². The molecule has 1 saturated carbocycles. The Morgan fingerprint density at radius 2 is 1.87 bits per heavy atom. The van der Waals surface area contributed by atoms with E-state index in [4.69, 9.17) is 19.4 Å². The molecule has 55 heavy (non-hydrogen) atoms. The van der Waals surface area contributed by atoms with Gasteiger partial charge in [-0.3, -0.25) is 19.7 Å². The van der Waals surface area contributed by atoms with Crippen molar-refractivity contribution in [1.82, 2.24) is 20.2 Å². The molecule has 14 nitrogen and oxygen atoms in total. The molecule has 2 fully saturated rings. The predicted octanol–water partition coefficient (Wildman–Crippen LogP) is 6.95. The molecule has 5 atom stereocenters. The van der Waals surface area contributed by atoms with Gasteiger partial charge in [-0.1, -0.05) is 60.1 Å². The minimum absolute atomic E-state index is 0.0115. The molecule has 1 aliphatic heterocycles. The Bertz CT molecular complexity index is 2150. The number of nitrogens with one attached hydrogen (secondary N) is 2. The Morgan fingerprint density at radius 1 is 1.15 bits per heavy atom. The van der Waals surface area contributed by atoms with Gasteiger partial charge in [-0.05, 0) is 48.8 Å². The summed E-state index contributed by atoms with van der Waals surface area (Å²) in [5, 5.41) is 31.4. The Hall–Kier alpha value is -5.31. The van der Waals surface area contributed by atoms with E-state index in [1.54, 1.807) is 19.2 Å². The van der Waals surface area contributed by atoms with Gasteiger partial charge in [-0.15, -0.1) is 11.3 Å². The number of carboxylic acids is 1. The summed E-state index contributed by atoms with van der Waals surface area (Å²) in [5.74, 6) is -1.08. The number of rotatable bonds is 13. The van der Waals surface area contributed by atoms with Crippen LogP contribution in [0.2, 0.25) is 0 Å². The molecule has 1 aliphatic carbocycles. The van der Waals surface area contributed by atoms with Crippen LogP contribution in [0.3, 0.4) is 0 Å². The fraction of sp³-hybridized carbons (Fsp3) is 0.475. The number of nitrogens with zero attached hydrogens (tertiary/aromatic N) is 4. The van der Waals surface area contributed by atoms with Crippen molar-refractivity contribution in [2.75, 3.05) is 19.0 Å². The summed E-state index contributed by atoms with van der Waals surface area (Å²) in [4.78, 5) is 64.0. The number of hydrogen-bond acceptors (Lipinski definition) is 11. The average molecular weight is 773 g/mol. The van der Waals surface area contributed by atoms with Gasteiger partial charge in [-0.2, -0.15) is 0 Å². The lowest BCUT2D eigenvalue weighted by atomic mass is 9.85. The second kappa shape index (κ2) is 15.1. The number of aliphatic carboxylic acids is 1. The Kier molecular flexibility index (Phi) is 10.8. The van der Waals surface area contributed by atoms with Gasteiger partial charge >= 0.3 is 5.97 Å². The molecular weight excluding hydrogens is 725 g/mol. The van der Waals surface area contributed by atoms with E-state index in [9.17, 15) is 29.6 Å². The maximum Gasteiger partial charge on any atom is 0.329 e. The molecule has 292 valence electrons. The summed E-state index contributed by atoms with van der Waals surface area (Å²) in [5.41, 5.74) is 0.759. The molecule has 2 aromatic heterocycles. The smallest absolute Gasteiger partial charge is 0.329 e. The van der Waals surface area contributed by atoms with Crippen molar-refractivity contribution in [3.05, 3.63) is 69.2 Å². The molecule has 0 unspecified atom stereocenters. The van der Waals surface area contributed by atoms with E-state index in [0.717, 1.165) is 11.3 Å². The first-order valence-corrected chi connectivity index (χ1v) is 19.3. The first-order chi connectivity index (χ1) is 26.0. The normalized spacial score (nSPS) is 21.3. The third kappa shape index (κ3) is 7.66. The maximum absolute atomic E-state index is 14.8. The molecule has 3 N–H and O–H groups in total. The van der Waals surface area contributed by atoms with Crippen molar-refractivity contribution < 1.29 is 33.9 Å². The molecule has 0 radical (unpaired) electrons. The van der Waals surface area contributed by atoms with E-state index in [-0.39, 0.29) is 36.2 Å². The van der Waals surface area contributed by atoms with Crippen molar-refractivity contribution in [3.8, 4) is 22.2 Å². The Labute approximate surface area is 323 Å². The highest BCUT2D eigenvalue weighted by Crippen LogP contribution is 2.46. The van der Waals surface area contributed by atoms with Gasteiger partial charge < -0.3 is 30.1 Å². The number of aryl methyl sites for hydroxylation is 1. The number of amides is 2. The molecule has 3 heterocycles. The molecule has 2 aliphatic rings. The van der Waals surface area contributed by atoms with Crippen LogP contribution in [0.1, 0.15) is 78.0 Å². The van der Waals surface area contributed by atoms with Crippen LogP contribution in [0.15, 0.2) is 47.8 Å². The van der Waals surface area contributed by atoms with Crippen LogP contribution in [0.4, 0.5) is 11.4 Å². The fourth-order valence-electron chi connectivity index (χ4n) is 7.35. The minimum Gasteiger partial charge on any atom is -0.496 e. The average Bonchev–Trinajstić information content (AvgIpc) is 3.42. The number of nitro benzene ring substituents is 1. The number of methoxy groups -OCH3 is 1. The molecule has 2 aromatic carbocycles. The van der Waals surface area contributed by atoms with Crippen molar-refractivity contribution in [2.24, 2.45) is 11.3 Å².